The van der Waals surface area contributed by atoms with Crippen molar-refractivity contribution in [2.45, 2.75) is 76.2 Å². The zero-order chi connectivity index (χ0) is 30.6. The van der Waals surface area contributed by atoms with Gasteiger partial charge in [-0.15, -0.1) is 0 Å². The summed E-state index contributed by atoms with van der Waals surface area (Å²) < 4.78 is 47.5. The summed E-state index contributed by atoms with van der Waals surface area (Å²) >= 11 is 0. The van der Waals surface area contributed by atoms with Crippen LogP contribution in [0, 0.1) is 11.3 Å². The minimum atomic E-state index is -4.70. The minimum Gasteiger partial charge on any atom is -0.474 e. The van der Waals surface area contributed by atoms with Crippen LogP contribution in [-0.2, 0) is 18.1 Å². The Morgan fingerprint density at radius 1 is 1.16 bits per heavy atom. The number of aromatic amines is 1. The molecule has 0 bridgehead atoms. The van der Waals surface area contributed by atoms with Gasteiger partial charge in [0, 0.05) is 61.6 Å². The molecule has 11 nitrogen and oxygen atoms in total. The summed E-state index contributed by atoms with van der Waals surface area (Å²) in [5, 5.41) is 24.3. The first kappa shape index (κ1) is 30.4. The van der Waals surface area contributed by atoms with Gasteiger partial charge in [-0.3, -0.25) is 9.58 Å². The van der Waals surface area contributed by atoms with E-state index in [1.807, 2.05) is 37.0 Å². The lowest BCUT2D eigenvalue weighted by atomic mass is 9.82. The lowest BCUT2D eigenvalue weighted by Crippen LogP contribution is -2.65. The number of rotatable bonds is 8. The quantitative estimate of drug-likeness (QED) is 0.300. The first-order valence-electron chi connectivity index (χ1n) is 14.5. The molecule has 2 fully saturated rings. The molecule has 2 N–H and O–H groups in total. The molecule has 228 valence electrons. The molecule has 2 aliphatic rings. The van der Waals surface area contributed by atoms with Crippen molar-refractivity contribution in [3.8, 4) is 23.2 Å². The van der Waals surface area contributed by atoms with E-state index >= 15 is 0 Å². The number of nitrogens with zero attached hydrogens (tertiary/aromatic N) is 8. The van der Waals surface area contributed by atoms with Gasteiger partial charge in [-0.2, -0.15) is 28.5 Å². The molecule has 1 aliphatic heterocycles. The van der Waals surface area contributed by atoms with Gasteiger partial charge < -0.3 is 14.8 Å². The number of hydrogen-bond donors (Lipinski definition) is 2. The lowest BCUT2D eigenvalue weighted by Gasteiger charge is -2.53. The Labute approximate surface area is 246 Å². The van der Waals surface area contributed by atoms with E-state index in [1.54, 1.807) is 6.20 Å². The number of hydrogen-bond acceptors (Lipinski definition) is 9. The molecule has 1 aliphatic carbocycles. The van der Waals surface area contributed by atoms with Crippen LogP contribution in [0.1, 0.15) is 57.5 Å². The van der Waals surface area contributed by atoms with Crippen LogP contribution in [0.15, 0.2) is 37.1 Å². The molecule has 6 rings (SSSR count). The van der Waals surface area contributed by atoms with Gasteiger partial charge in [0.2, 0.25) is 11.7 Å². The van der Waals surface area contributed by atoms with Gasteiger partial charge >= 0.3 is 6.18 Å². The average Bonchev–Trinajstić information content (AvgIpc) is 3.67. The van der Waals surface area contributed by atoms with Gasteiger partial charge in [0.1, 0.15) is 23.6 Å². The van der Waals surface area contributed by atoms with Crippen molar-refractivity contribution in [3.63, 3.8) is 0 Å². The van der Waals surface area contributed by atoms with Gasteiger partial charge in [0.05, 0.1) is 30.1 Å². The van der Waals surface area contributed by atoms with E-state index in [9.17, 15) is 18.4 Å². The third-order valence-electron chi connectivity index (χ3n) is 7.92. The maximum absolute atomic E-state index is 13.2. The normalized spacial score (nSPS) is 20.1. The van der Waals surface area contributed by atoms with Gasteiger partial charge in [0.15, 0.2) is 0 Å². The molecule has 0 unspecified atom stereocenters. The number of nitrogens with one attached hydrogen (secondary N) is 1. The van der Waals surface area contributed by atoms with Gasteiger partial charge in [-0.05, 0) is 31.7 Å². The Morgan fingerprint density at radius 3 is 2.63 bits per heavy atom. The van der Waals surface area contributed by atoms with Gasteiger partial charge in [-0.1, -0.05) is 13.8 Å². The molecular weight excluding hydrogens is 563 g/mol. The average molecular weight is 598 g/mol. The highest BCUT2D eigenvalue weighted by Gasteiger charge is 2.48. The summed E-state index contributed by atoms with van der Waals surface area (Å²) in [5.74, 6) is -1.38. The number of aliphatic hydroxyl groups is 1. The number of nitriles is 1. The summed E-state index contributed by atoms with van der Waals surface area (Å²) in [6.45, 7) is 5.03. The zero-order valence-electron chi connectivity index (χ0n) is 24.0. The van der Waals surface area contributed by atoms with Crippen LogP contribution in [0.2, 0.25) is 0 Å². The van der Waals surface area contributed by atoms with E-state index < -0.39 is 17.5 Å². The number of fused-ring (bicyclic) bond motifs is 1. The molecule has 43 heavy (non-hydrogen) atoms. The summed E-state index contributed by atoms with van der Waals surface area (Å²) in [7, 11) is 0. The van der Waals surface area contributed by atoms with Crippen molar-refractivity contribution in [1.29, 1.82) is 5.26 Å². The monoisotopic (exact) mass is 597 g/mol. The van der Waals surface area contributed by atoms with Crippen LogP contribution in [0.3, 0.4) is 0 Å². The SMILES string of the molecule is CC.N#CCC1(n2cc(-c3ncnc4[nH]ccc34)cn2)CN(C2CCC(Oc3cc(CCO)nc(C(F)(F)F)n3)CC2)C1. The third kappa shape index (κ3) is 6.33. The Kier molecular flexibility index (Phi) is 8.93. The molecule has 0 aromatic carbocycles. The van der Waals surface area contributed by atoms with E-state index in [1.165, 1.54) is 12.4 Å². The van der Waals surface area contributed by atoms with Crippen LogP contribution in [-0.4, -0.2) is 76.5 Å². The zero-order valence-corrected chi connectivity index (χ0v) is 24.0. The maximum atomic E-state index is 13.2. The van der Waals surface area contributed by atoms with E-state index in [0.29, 0.717) is 32.4 Å². The first-order valence-corrected chi connectivity index (χ1v) is 14.5. The highest BCUT2D eigenvalue weighted by atomic mass is 19.4. The number of aliphatic hydroxyl groups excluding tert-OH is 1. The highest BCUT2D eigenvalue weighted by Crippen LogP contribution is 2.39. The van der Waals surface area contributed by atoms with Crippen molar-refractivity contribution < 1.29 is 23.0 Å². The van der Waals surface area contributed by atoms with Gasteiger partial charge in [-0.25, -0.2) is 15.0 Å². The minimum absolute atomic E-state index is 0.0125. The number of likely N-dealkylation sites (tertiary alicyclic amines) is 1. The lowest BCUT2D eigenvalue weighted by molar-refractivity contribution is -0.145. The smallest absolute Gasteiger partial charge is 0.451 e. The molecule has 0 radical (unpaired) electrons. The second kappa shape index (κ2) is 12.6. The summed E-state index contributed by atoms with van der Waals surface area (Å²) in [6, 6.07) is 5.89. The number of alkyl halides is 3. The number of ether oxygens (including phenoxy) is 1. The molecule has 5 heterocycles. The van der Waals surface area contributed by atoms with Crippen LogP contribution in [0.4, 0.5) is 13.2 Å². The van der Waals surface area contributed by atoms with Gasteiger partial charge in [0.25, 0.3) is 0 Å². The maximum Gasteiger partial charge on any atom is 0.451 e. The fourth-order valence-electron chi connectivity index (χ4n) is 5.86. The molecule has 4 aromatic heterocycles. The van der Waals surface area contributed by atoms with Crippen LogP contribution >= 0.6 is 0 Å². The molecular formula is C29H34F3N9O2. The Morgan fingerprint density at radius 2 is 1.93 bits per heavy atom. The fraction of sp³-hybridized carbons (Fsp3) is 0.517. The number of aromatic nitrogens is 7. The van der Waals surface area contributed by atoms with Crippen molar-refractivity contribution in [1.82, 2.24) is 39.6 Å². The molecule has 0 spiro atoms. The molecule has 1 saturated heterocycles. The van der Waals surface area contributed by atoms with E-state index in [0.717, 1.165) is 35.1 Å². The van der Waals surface area contributed by atoms with Crippen molar-refractivity contribution >= 4 is 11.0 Å². The molecule has 14 heteroatoms. The predicted octanol–water partition coefficient (Wildman–Crippen LogP) is 4.51. The second-order valence-electron chi connectivity index (χ2n) is 10.6. The third-order valence-corrected chi connectivity index (χ3v) is 7.92. The van der Waals surface area contributed by atoms with Crippen molar-refractivity contribution in [2.75, 3.05) is 19.7 Å². The first-order chi connectivity index (χ1) is 20.8. The Hall–Kier alpha value is -4.09. The molecule has 4 aromatic rings. The number of H-pyrrole nitrogens is 1. The van der Waals surface area contributed by atoms with Crippen molar-refractivity contribution in [2.24, 2.45) is 0 Å². The van der Waals surface area contributed by atoms with Crippen LogP contribution < -0.4 is 4.74 Å². The van der Waals surface area contributed by atoms with E-state index in [4.69, 9.17) is 9.84 Å². The van der Waals surface area contributed by atoms with E-state index in [-0.39, 0.29) is 36.7 Å². The predicted molar refractivity (Wildman–Crippen MR) is 151 cm³/mol. The summed E-state index contributed by atoms with van der Waals surface area (Å²) in [6.07, 6.45) is 5.33. The number of halogens is 3. The fourth-order valence-corrected chi connectivity index (χ4v) is 5.86. The molecule has 0 amide bonds. The molecule has 1 saturated carbocycles. The van der Waals surface area contributed by atoms with Crippen molar-refractivity contribution in [3.05, 3.63) is 48.6 Å². The van der Waals surface area contributed by atoms with Crippen LogP contribution in [0.25, 0.3) is 22.3 Å². The Bertz CT molecular complexity index is 1570. The molecule has 0 atom stereocenters. The second-order valence-corrected chi connectivity index (χ2v) is 10.6. The Balaban J connectivity index is 0.00000180. The van der Waals surface area contributed by atoms with Crippen LogP contribution in [0.5, 0.6) is 5.88 Å². The summed E-state index contributed by atoms with van der Waals surface area (Å²) in [5.41, 5.74) is 2.02. The topological polar surface area (TPSA) is 142 Å². The standard InChI is InChI=1S/C27H28F3N9O2.C2H6/c28-27(29,30)25-36-18(6-10-40)11-22(37-25)41-20-3-1-19(2-4-20)38-14-26(15-38,7-8-31)39-13-17(12-35-39)23-21-5-9-32-24(21)34-16-33-23;1-2/h5,9,11-13,16,19-20,40H,1-4,6-7,10,14-15H2,(H,32,33,34);1-2H3. The van der Waals surface area contributed by atoms with E-state index in [2.05, 4.69) is 41.0 Å². The highest BCUT2D eigenvalue weighted by molar-refractivity contribution is 5.90. The summed E-state index contributed by atoms with van der Waals surface area (Å²) in [4.78, 5) is 21.2. The largest absolute Gasteiger partial charge is 0.474 e.